The molecule has 76 valence electrons. The van der Waals surface area contributed by atoms with E-state index in [0.29, 0.717) is 5.91 Å². The van der Waals surface area contributed by atoms with E-state index >= 15 is 0 Å². The number of amides is 1. The number of carbonyl (C=O) groups excluding carboxylic acids is 1. The standard InChI is InChI=1S/C10H19NOS/c1-13-8-4-2-3-6-10(12)11(13)7-5-9-13/h2-9H2,1H3. The molecule has 2 saturated heterocycles. The summed E-state index contributed by atoms with van der Waals surface area (Å²) in [5.41, 5.74) is 0. The van der Waals surface area contributed by atoms with Crippen molar-refractivity contribution in [2.45, 2.75) is 32.1 Å². The molecule has 2 fully saturated rings. The summed E-state index contributed by atoms with van der Waals surface area (Å²) in [5.74, 6) is 3.05. The van der Waals surface area contributed by atoms with Gasteiger partial charge < -0.3 is 4.31 Å². The summed E-state index contributed by atoms with van der Waals surface area (Å²) < 4.78 is 2.23. The van der Waals surface area contributed by atoms with Crippen LogP contribution in [0.4, 0.5) is 0 Å². The van der Waals surface area contributed by atoms with E-state index in [9.17, 15) is 4.79 Å². The molecule has 13 heavy (non-hydrogen) atoms. The lowest BCUT2D eigenvalue weighted by Crippen LogP contribution is -2.32. The third-order valence-electron chi connectivity index (χ3n) is 3.23. The minimum atomic E-state index is -0.671. The van der Waals surface area contributed by atoms with Crippen LogP contribution in [0, 0.1) is 0 Å². The van der Waals surface area contributed by atoms with E-state index in [2.05, 4.69) is 10.6 Å². The Morgan fingerprint density at radius 3 is 2.77 bits per heavy atom. The van der Waals surface area contributed by atoms with Crippen molar-refractivity contribution in [3.8, 4) is 0 Å². The molecular weight excluding hydrogens is 182 g/mol. The molecule has 2 aliphatic heterocycles. The Bertz CT molecular complexity index is 219. The van der Waals surface area contributed by atoms with Gasteiger partial charge in [0.1, 0.15) is 0 Å². The Labute approximate surface area is 82.1 Å². The van der Waals surface area contributed by atoms with E-state index in [1.54, 1.807) is 0 Å². The van der Waals surface area contributed by atoms with Crippen LogP contribution in [0.25, 0.3) is 0 Å². The summed E-state index contributed by atoms with van der Waals surface area (Å²) in [7, 11) is -0.671. The number of fused-ring (bicyclic) bond motifs is 1. The van der Waals surface area contributed by atoms with Gasteiger partial charge in [-0.3, -0.25) is 4.79 Å². The Hall–Kier alpha value is -0.180. The smallest absolute Gasteiger partial charge is 0.231 e. The molecule has 0 radical (unpaired) electrons. The normalized spacial score (nSPS) is 40.4. The van der Waals surface area contributed by atoms with Crippen LogP contribution in [0.15, 0.2) is 0 Å². The van der Waals surface area contributed by atoms with Gasteiger partial charge in [-0.25, -0.2) is 0 Å². The lowest BCUT2D eigenvalue weighted by Gasteiger charge is -2.42. The maximum Gasteiger partial charge on any atom is 0.231 e. The zero-order valence-electron chi connectivity index (χ0n) is 8.42. The third-order valence-corrected chi connectivity index (χ3v) is 7.02. The van der Waals surface area contributed by atoms with Gasteiger partial charge >= 0.3 is 0 Å². The summed E-state index contributed by atoms with van der Waals surface area (Å²) in [5, 5.41) is 0. The third kappa shape index (κ3) is 1.71. The summed E-state index contributed by atoms with van der Waals surface area (Å²) in [6, 6.07) is 0. The molecule has 1 atom stereocenters. The van der Waals surface area contributed by atoms with Crippen LogP contribution in [-0.4, -0.2) is 34.5 Å². The molecule has 0 aromatic heterocycles. The van der Waals surface area contributed by atoms with E-state index in [4.69, 9.17) is 0 Å². The average molecular weight is 201 g/mol. The van der Waals surface area contributed by atoms with Crippen LogP contribution in [0.1, 0.15) is 32.1 Å². The van der Waals surface area contributed by atoms with E-state index in [0.717, 1.165) is 19.4 Å². The fourth-order valence-corrected chi connectivity index (χ4v) is 5.80. The average Bonchev–Trinajstić information content (AvgIpc) is 2.44. The Morgan fingerprint density at radius 2 is 1.92 bits per heavy atom. The second kappa shape index (κ2) is 3.52. The molecule has 2 rings (SSSR count). The van der Waals surface area contributed by atoms with Crippen LogP contribution in [0.3, 0.4) is 0 Å². The van der Waals surface area contributed by atoms with Crippen LogP contribution in [0.2, 0.25) is 0 Å². The van der Waals surface area contributed by atoms with Crippen molar-refractivity contribution < 1.29 is 4.79 Å². The highest BCUT2D eigenvalue weighted by molar-refractivity contribution is 8.31. The highest BCUT2D eigenvalue weighted by atomic mass is 32.3. The molecule has 0 aromatic carbocycles. The van der Waals surface area contributed by atoms with Crippen LogP contribution >= 0.6 is 10.2 Å². The van der Waals surface area contributed by atoms with Crippen LogP contribution in [-0.2, 0) is 4.79 Å². The largest absolute Gasteiger partial charge is 0.305 e. The van der Waals surface area contributed by atoms with Crippen molar-refractivity contribution >= 4 is 16.1 Å². The highest BCUT2D eigenvalue weighted by Crippen LogP contribution is 2.54. The first kappa shape index (κ1) is 9.38. The number of hydrogen-bond acceptors (Lipinski definition) is 1. The maximum absolute atomic E-state index is 11.8. The second-order valence-corrected chi connectivity index (χ2v) is 7.99. The summed E-state index contributed by atoms with van der Waals surface area (Å²) in [6.07, 6.45) is 8.13. The first-order valence-corrected chi connectivity index (χ1v) is 7.60. The van der Waals surface area contributed by atoms with Gasteiger partial charge in [-0.1, -0.05) is 6.42 Å². The van der Waals surface area contributed by atoms with E-state index in [1.165, 1.54) is 30.8 Å². The zero-order valence-corrected chi connectivity index (χ0v) is 9.24. The number of hydrogen-bond donors (Lipinski definition) is 0. The molecule has 2 aliphatic rings. The molecule has 0 aromatic rings. The number of nitrogens with zero attached hydrogens (tertiary/aromatic N) is 1. The fourth-order valence-electron chi connectivity index (χ4n) is 2.42. The molecule has 3 heteroatoms. The van der Waals surface area contributed by atoms with E-state index in [1.807, 2.05) is 0 Å². The van der Waals surface area contributed by atoms with Gasteiger partial charge in [0, 0.05) is 13.0 Å². The number of carbonyl (C=O) groups is 1. The van der Waals surface area contributed by atoms with Crippen molar-refractivity contribution in [1.82, 2.24) is 4.31 Å². The summed E-state index contributed by atoms with van der Waals surface area (Å²) in [4.78, 5) is 11.8. The molecule has 0 bridgehead atoms. The van der Waals surface area contributed by atoms with E-state index in [-0.39, 0.29) is 0 Å². The van der Waals surface area contributed by atoms with Crippen molar-refractivity contribution in [2.24, 2.45) is 0 Å². The predicted octanol–water partition coefficient (Wildman–Crippen LogP) is 2.14. The van der Waals surface area contributed by atoms with Gasteiger partial charge in [0.25, 0.3) is 0 Å². The molecule has 0 aliphatic carbocycles. The molecular formula is C10H19NOS. The first-order chi connectivity index (χ1) is 6.22. The van der Waals surface area contributed by atoms with E-state index < -0.39 is 10.2 Å². The van der Waals surface area contributed by atoms with Crippen LogP contribution < -0.4 is 0 Å². The molecule has 1 amide bonds. The Morgan fingerprint density at radius 1 is 1.15 bits per heavy atom. The van der Waals surface area contributed by atoms with Gasteiger partial charge in [-0.05, 0) is 37.0 Å². The van der Waals surface area contributed by atoms with Crippen molar-refractivity contribution in [1.29, 1.82) is 0 Å². The molecule has 2 nitrogen and oxygen atoms in total. The number of rotatable bonds is 0. The minimum Gasteiger partial charge on any atom is -0.305 e. The van der Waals surface area contributed by atoms with Gasteiger partial charge in [0.15, 0.2) is 0 Å². The Balaban J connectivity index is 2.15. The topological polar surface area (TPSA) is 20.3 Å². The lowest BCUT2D eigenvalue weighted by molar-refractivity contribution is -0.126. The second-order valence-electron chi connectivity index (χ2n) is 4.29. The van der Waals surface area contributed by atoms with Gasteiger partial charge in [-0.15, -0.1) is 0 Å². The molecule has 0 N–H and O–H groups in total. The predicted molar refractivity (Wildman–Crippen MR) is 58.0 cm³/mol. The molecule has 1 unspecified atom stereocenters. The van der Waals surface area contributed by atoms with Gasteiger partial charge in [0.2, 0.25) is 5.91 Å². The molecule has 2 heterocycles. The molecule has 0 spiro atoms. The zero-order chi connectivity index (χ0) is 9.31. The van der Waals surface area contributed by atoms with Crippen LogP contribution in [0.5, 0.6) is 0 Å². The maximum atomic E-state index is 11.8. The molecule has 0 saturated carbocycles. The van der Waals surface area contributed by atoms with Gasteiger partial charge in [-0.2, -0.15) is 10.2 Å². The Kier molecular flexibility index (Phi) is 2.54. The van der Waals surface area contributed by atoms with Crippen molar-refractivity contribution in [2.75, 3.05) is 24.3 Å². The SMILES string of the molecule is CS12CCCCCC(=O)N1CCC2. The highest BCUT2D eigenvalue weighted by Gasteiger charge is 2.35. The van der Waals surface area contributed by atoms with Crippen molar-refractivity contribution in [3.05, 3.63) is 0 Å². The fraction of sp³-hybridized carbons (Fsp3) is 0.900. The van der Waals surface area contributed by atoms with Gasteiger partial charge in [0.05, 0.1) is 0 Å². The monoisotopic (exact) mass is 201 g/mol. The summed E-state index contributed by atoms with van der Waals surface area (Å²) >= 11 is 0. The summed E-state index contributed by atoms with van der Waals surface area (Å²) in [6.45, 7) is 1.05. The quantitative estimate of drug-likeness (QED) is 0.588. The first-order valence-electron chi connectivity index (χ1n) is 5.27. The minimum absolute atomic E-state index is 0.440. The lowest BCUT2D eigenvalue weighted by atomic mass is 10.2. The van der Waals surface area contributed by atoms with Crippen molar-refractivity contribution in [3.63, 3.8) is 0 Å².